The molecule has 144 valence electrons. The molecule has 4 aromatic rings. The third-order valence-corrected chi connectivity index (χ3v) is 7.99. The van der Waals surface area contributed by atoms with Gasteiger partial charge in [0.15, 0.2) is 0 Å². The third kappa shape index (κ3) is 3.50. The van der Waals surface area contributed by atoms with Crippen LogP contribution in [0.25, 0.3) is 32.0 Å². The molecule has 0 bridgehead atoms. The average Bonchev–Trinajstić information content (AvgIpc) is 3.34. The number of hydrogen-bond donors (Lipinski definition) is 2. The molecule has 0 spiro atoms. The standard InChI is InChI=1S/C18H18N6OS3/c1-2-3-6-28(25)17-14(19)13-11(15-21-4-5-26-15)7-12(24-16(13)27-17)10-8-22-18(20)23-9-10/h4-5,7-9H,2-3,6,19H2,1H3,(H2,20,22,23). The Hall–Kier alpha value is -2.43. The van der Waals surface area contributed by atoms with Gasteiger partial charge in [0.1, 0.15) is 14.0 Å². The molecule has 0 saturated carbocycles. The van der Waals surface area contributed by atoms with Crippen LogP contribution < -0.4 is 11.5 Å². The van der Waals surface area contributed by atoms with Gasteiger partial charge in [0.05, 0.1) is 22.2 Å². The molecule has 0 aliphatic carbocycles. The molecule has 0 radical (unpaired) electrons. The fourth-order valence-electron chi connectivity index (χ4n) is 2.78. The first-order chi connectivity index (χ1) is 13.6. The first-order valence-corrected chi connectivity index (χ1v) is 11.7. The van der Waals surface area contributed by atoms with Crippen LogP contribution in [0.1, 0.15) is 19.8 Å². The van der Waals surface area contributed by atoms with Crippen LogP contribution in [0.5, 0.6) is 0 Å². The minimum atomic E-state index is -1.14. The SMILES string of the molecule is CCCCS(=O)c1sc2nc(-c3cnc(N)nc3)cc(-c3nccs3)c2c1N. The lowest BCUT2D eigenvalue weighted by Crippen LogP contribution is -1.99. The van der Waals surface area contributed by atoms with Crippen molar-refractivity contribution in [2.75, 3.05) is 17.2 Å². The minimum Gasteiger partial charge on any atom is -0.396 e. The van der Waals surface area contributed by atoms with Crippen molar-refractivity contribution in [2.45, 2.75) is 24.0 Å². The first-order valence-electron chi connectivity index (χ1n) is 8.67. The van der Waals surface area contributed by atoms with E-state index >= 15 is 0 Å². The molecule has 10 heteroatoms. The van der Waals surface area contributed by atoms with Crippen molar-refractivity contribution < 1.29 is 4.21 Å². The van der Waals surface area contributed by atoms with Crippen molar-refractivity contribution in [3.8, 4) is 21.8 Å². The van der Waals surface area contributed by atoms with Crippen molar-refractivity contribution in [1.29, 1.82) is 0 Å². The van der Waals surface area contributed by atoms with Gasteiger partial charge < -0.3 is 11.5 Å². The predicted octanol–water partition coefficient (Wildman–Crippen LogP) is 3.95. The van der Waals surface area contributed by atoms with Gasteiger partial charge in [-0.25, -0.2) is 19.9 Å². The molecule has 0 aromatic carbocycles. The Balaban J connectivity index is 1.92. The molecule has 4 N–H and O–H groups in total. The summed E-state index contributed by atoms with van der Waals surface area (Å²) in [6.07, 6.45) is 6.90. The highest BCUT2D eigenvalue weighted by molar-refractivity contribution is 7.87. The molecule has 4 rings (SSSR count). The van der Waals surface area contributed by atoms with E-state index in [2.05, 4.69) is 21.9 Å². The summed E-state index contributed by atoms with van der Waals surface area (Å²) in [4.78, 5) is 18.0. The Labute approximate surface area is 172 Å². The van der Waals surface area contributed by atoms with Gasteiger partial charge in [0.2, 0.25) is 5.95 Å². The minimum absolute atomic E-state index is 0.207. The maximum atomic E-state index is 12.8. The molecule has 4 heterocycles. The highest BCUT2D eigenvalue weighted by Gasteiger charge is 2.21. The molecule has 1 unspecified atom stereocenters. The molecule has 7 nitrogen and oxygen atoms in total. The van der Waals surface area contributed by atoms with Gasteiger partial charge in [-0.1, -0.05) is 13.3 Å². The topological polar surface area (TPSA) is 121 Å². The van der Waals surface area contributed by atoms with E-state index in [9.17, 15) is 4.21 Å². The first kappa shape index (κ1) is 18.9. The van der Waals surface area contributed by atoms with Gasteiger partial charge >= 0.3 is 0 Å². The lowest BCUT2D eigenvalue weighted by atomic mass is 10.1. The van der Waals surface area contributed by atoms with Crippen LogP contribution in [0, 0.1) is 0 Å². The summed E-state index contributed by atoms with van der Waals surface area (Å²) in [5.74, 6) is 0.803. The maximum absolute atomic E-state index is 12.8. The van der Waals surface area contributed by atoms with E-state index in [-0.39, 0.29) is 5.95 Å². The van der Waals surface area contributed by atoms with Gasteiger partial charge in [-0.2, -0.15) is 0 Å². The number of fused-ring (bicyclic) bond motifs is 1. The van der Waals surface area contributed by atoms with E-state index in [0.29, 0.717) is 21.3 Å². The summed E-state index contributed by atoms with van der Waals surface area (Å²) in [5.41, 5.74) is 14.9. The second kappa shape index (κ2) is 7.90. The summed E-state index contributed by atoms with van der Waals surface area (Å²) >= 11 is 2.90. The van der Waals surface area contributed by atoms with Gasteiger partial charge in [-0.05, 0) is 12.5 Å². The fraction of sp³-hybridized carbons (Fsp3) is 0.222. The Bertz CT molecular complexity index is 1140. The van der Waals surface area contributed by atoms with E-state index in [1.165, 1.54) is 22.7 Å². The zero-order valence-corrected chi connectivity index (χ0v) is 17.5. The number of unbranched alkanes of at least 4 members (excludes halogenated alkanes) is 1. The lowest BCUT2D eigenvalue weighted by molar-refractivity contribution is 0.681. The van der Waals surface area contributed by atoms with Crippen molar-refractivity contribution in [3.05, 3.63) is 30.0 Å². The smallest absolute Gasteiger partial charge is 0.219 e. The van der Waals surface area contributed by atoms with Gasteiger partial charge in [0.25, 0.3) is 0 Å². The predicted molar refractivity (Wildman–Crippen MR) is 117 cm³/mol. The van der Waals surface area contributed by atoms with Crippen molar-refractivity contribution >= 4 is 55.3 Å². The van der Waals surface area contributed by atoms with Crippen molar-refractivity contribution in [2.24, 2.45) is 0 Å². The summed E-state index contributed by atoms with van der Waals surface area (Å²) in [7, 11) is -1.14. The summed E-state index contributed by atoms with van der Waals surface area (Å²) < 4.78 is 13.4. The van der Waals surface area contributed by atoms with Crippen molar-refractivity contribution in [3.63, 3.8) is 0 Å². The Morgan fingerprint density at radius 1 is 1.18 bits per heavy atom. The van der Waals surface area contributed by atoms with Gasteiger partial charge in [0, 0.05) is 46.2 Å². The number of nitrogens with two attached hydrogens (primary N) is 2. The number of pyridine rings is 1. The van der Waals surface area contributed by atoms with Gasteiger partial charge in [-0.15, -0.1) is 22.7 Å². The van der Waals surface area contributed by atoms with E-state index in [1.807, 2.05) is 11.4 Å². The van der Waals surface area contributed by atoms with Crippen LogP contribution >= 0.6 is 22.7 Å². The molecule has 28 heavy (non-hydrogen) atoms. The second-order valence-corrected chi connectivity index (χ2v) is 9.77. The van der Waals surface area contributed by atoms with Crippen LogP contribution in [0.2, 0.25) is 0 Å². The highest BCUT2D eigenvalue weighted by atomic mass is 32.2. The molecular formula is C18H18N6OS3. The number of nitrogens with zero attached hydrogens (tertiary/aromatic N) is 4. The number of aromatic nitrogens is 4. The van der Waals surface area contributed by atoms with E-state index in [4.69, 9.17) is 16.5 Å². The second-order valence-electron chi connectivity index (χ2n) is 6.11. The zero-order valence-electron chi connectivity index (χ0n) is 15.1. The molecule has 0 amide bonds. The van der Waals surface area contributed by atoms with Crippen LogP contribution in [-0.2, 0) is 10.8 Å². The number of hydrogen-bond acceptors (Lipinski definition) is 9. The zero-order chi connectivity index (χ0) is 19.7. The van der Waals surface area contributed by atoms with Crippen LogP contribution in [0.3, 0.4) is 0 Å². The fourth-order valence-corrected chi connectivity index (χ4v) is 6.24. The molecule has 1 atom stereocenters. The maximum Gasteiger partial charge on any atom is 0.219 e. The molecule has 0 fully saturated rings. The normalized spacial score (nSPS) is 12.5. The molecule has 0 aliphatic heterocycles. The summed E-state index contributed by atoms with van der Waals surface area (Å²) in [6.45, 7) is 2.08. The quantitative estimate of drug-likeness (QED) is 0.475. The number of anilines is 2. The largest absolute Gasteiger partial charge is 0.396 e. The number of rotatable bonds is 6. The Morgan fingerprint density at radius 3 is 2.64 bits per heavy atom. The number of thiophene rings is 1. The van der Waals surface area contributed by atoms with Crippen LogP contribution in [0.15, 0.2) is 34.2 Å². The van der Waals surface area contributed by atoms with E-state index in [0.717, 1.165) is 39.2 Å². The third-order valence-electron chi connectivity index (χ3n) is 4.19. The number of thiazole rings is 1. The molecule has 0 aliphatic rings. The average molecular weight is 431 g/mol. The van der Waals surface area contributed by atoms with Crippen LogP contribution in [-0.4, -0.2) is 29.9 Å². The lowest BCUT2D eigenvalue weighted by Gasteiger charge is -2.06. The molecule has 0 saturated heterocycles. The summed E-state index contributed by atoms with van der Waals surface area (Å²) in [5, 5.41) is 3.55. The monoisotopic (exact) mass is 430 g/mol. The molecule has 4 aromatic heterocycles. The van der Waals surface area contributed by atoms with Gasteiger partial charge in [-0.3, -0.25) is 4.21 Å². The Kier molecular flexibility index (Phi) is 5.33. The Morgan fingerprint density at radius 2 is 1.96 bits per heavy atom. The highest BCUT2D eigenvalue weighted by Crippen LogP contribution is 2.43. The number of nitrogen functional groups attached to an aromatic ring is 2. The van der Waals surface area contributed by atoms with E-state index in [1.54, 1.807) is 18.6 Å². The molecular weight excluding hydrogens is 412 g/mol. The van der Waals surface area contributed by atoms with Crippen LogP contribution in [0.4, 0.5) is 11.6 Å². The summed E-state index contributed by atoms with van der Waals surface area (Å²) in [6, 6.07) is 1.93. The van der Waals surface area contributed by atoms with E-state index < -0.39 is 10.8 Å². The van der Waals surface area contributed by atoms with Crippen molar-refractivity contribution in [1.82, 2.24) is 19.9 Å².